The molecule has 2 aromatic rings. The molecule has 0 unspecified atom stereocenters. The van der Waals surface area contributed by atoms with Crippen molar-refractivity contribution in [2.75, 3.05) is 10.6 Å². The second-order valence-electron chi connectivity index (χ2n) is 4.66. The summed E-state index contributed by atoms with van der Waals surface area (Å²) in [5.74, 6) is -1.96. The van der Waals surface area contributed by atoms with E-state index in [0.717, 1.165) is 30.3 Å². The van der Waals surface area contributed by atoms with Gasteiger partial charge in [0.05, 0.1) is 11.1 Å². The maximum atomic E-state index is 13.7. The molecule has 0 atom stereocenters. The summed E-state index contributed by atoms with van der Waals surface area (Å²) < 4.78 is 51.6. The van der Waals surface area contributed by atoms with Crippen LogP contribution >= 0.6 is 0 Å². The topological polar surface area (TPSA) is 78.4 Å². The van der Waals surface area contributed by atoms with Crippen LogP contribution in [-0.2, 0) is 6.18 Å². The van der Waals surface area contributed by atoms with Crippen molar-refractivity contribution >= 4 is 23.4 Å². The predicted molar refractivity (Wildman–Crippen MR) is 77.4 cm³/mol. The van der Waals surface area contributed by atoms with Gasteiger partial charge in [0.15, 0.2) is 0 Å². The molecule has 3 N–H and O–H groups in total. The van der Waals surface area contributed by atoms with E-state index in [0.29, 0.717) is 6.07 Å². The third-order valence-electron chi connectivity index (χ3n) is 2.91. The van der Waals surface area contributed by atoms with Crippen LogP contribution in [0.3, 0.4) is 0 Å². The molecule has 126 valence electrons. The Labute approximate surface area is 132 Å². The van der Waals surface area contributed by atoms with Gasteiger partial charge in [-0.3, -0.25) is 10.1 Å². The molecule has 0 bridgehead atoms. The summed E-state index contributed by atoms with van der Waals surface area (Å²) >= 11 is 0. The average molecular weight is 342 g/mol. The largest absolute Gasteiger partial charge is 0.465 e. The van der Waals surface area contributed by atoms with E-state index in [9.17, 15) is 27.2 Å². The minimum atomic E-state index is -4.59. The SMILES string of the molecule is O=C(O)Nc1ccc(F)c(C(=O)Nc2cccc(C(F)(F)F)c2)c1. The molecule has 0 aliphatic carbocycles. The van der Waals surface area contributed by atoms with Crippen LogP contribution in [0.2, 0.25) is 0 Å². The van der Waals surface area contributed by atoms with Gasteiger partial charge in [-0.15, -0.1) is 0 Å². The number of nitrogens with one attached hydrogen (secondary N) is 2. The minimum Gasteiger partial charge on any atom is -0.465 e. The summed E-state index contributed by atoms with van der Waals surface area (Å²) in [4.78, 5) is 22.6. The zero-order chi connectivity index (χ0) is 17.9. The van der Waals surface area contributed by atoms with E-state index < -0.39 is 35.1 Å². The summed E-state index contributed by atoms with van der Waals surface area (Å²) in [5, 5.41) is 12.7. The highest BCUT2D eigenvalue weighted by Gasteiger charge is 2.30. The van der Waals surface area contributed by atoms with Gasteiger partial charge in [0.1, 0.15) is 5.82 Å². The molecule has 0 radical (unpaired) electrons. The van der Waals surface area contributed by atoms with E-state index in [2.05, 4.69) is 5.32 Å². The van der Waals surface area contributed by atoms with E-state index in [-0.39, 0.29) is 11.4 Å². The van der Waals surface area contributed by atoms with Gasteiger partial charge >= 0.3 is 12.3 Å². The highest BCUT2D eigenvalue weighted by molar-refractivity contribution is 6.05. The Morgan fingerprint density at radius 3 is 2.25 bits per heavy atom. The number of carbonyl (C=O) groups is 2. The van der Waals surface area contributed by atoms with Crippen molar-refractivity contribution < 1.29 is 32.3 Å². The number of hydrogen-bond donors (Lipinski definition) is 3. The zero-order valence-electron chi connectivity index (χ0n) is 11.8. The van der Waals surface area contributed by atoms with Crippen molar-refractivity contribution in [2.24, 2.45) is 0 Å². The van der Waals surface area contributed by atoms with Crippen LogP contribution < -0.4 is 10.6 Å². The van der Waals surface area contributed by atoms with Crippen molar-refractivity contribution in [3.05, 3.63) is 59.4 Å². The Morgan fingerprint density at radius 2 is 1.62 bits per heavy atom. The maximum absolute atomic E-state index is 13.7. The number of halogens is 4. The van der Waals surface area contributed by atoms with Crippen molar-refractivity contribution in [3.63, 3.8) is 0 Å². The van der Waals surface area contributed by atoms with Crippen LogP contribution in [0.4, 0.5) is 33.7 Å². The first-order valence-corrected chi connectivity index (χ1v) is 6.45. The molecule has 0 spiro atoms. The number of rotatable bonds is 3. The molecule has 0 saturated heterocycles. The van der Waals surface area contributed by atoms with E-state index in [1.54, 1.807) is 0 Å². The van der Waals surface area contributed by atoms with Gasteiger partial charge in [-0.05, 0) is 36.4 Å². The number of carbonyl (C=O) groups excluding carboxylic acids is 1. The molecule has 9 heteroatoms. The number of alkyl halides is 3. The van der Waals surface area contributed by atoms with Crippen LogP contribution in [0.15, 0.2) is 42.5 Å². The van der Waals surface area contributed by atoms with Gasteiger partial charge in [0, 0.05) is 11.4 Å². The monoisotopic (exact) mass is 342 g/mol. The molecule has 5 nitrogen and oxygen atoms in total. The molecule has 24 heavy (non-hydrogen) atoms. The number of anilines is 2. The van der Waals surface area contributed by atoms with Gasteiger partial charge in [-0.1, -0.05) is 6.07 Å². The molecular weight excluding hydrogens is 332 g/mol. The van der Waals surface area contributed by atoms with Crippen LogP contribution in [0.25, 0.3) is 0 Å². The predicted octanol–water partition coefficient (Wildman–Crippen LogP) is 4.19. The van der Waals surface area contributed by atoms with Crippen molar-refractivity contribution in [3.8, 4) is 0 Å². The fourth-order valence-corrected chi connectivity index (χ4v) is 1.87. The summed E-state index contributed by atoms with van der Waals surface area (Å²) in [5.41, 5.74) is -1.72. The lowest BCUT2D eigenvalue weighted by Gasteiger charge is -2.11. The van der Waals surface area contributed by atoms with Gasteiger partial charge in [-0.25, -0.2) is 9.18 Å². The van der Waals surface area contributed by atoms with Crippen LogP contribution in [0, 0.1) is 5.82 Å². The number of hydrogen-bond acceptors (Lipinski definition) is 2. The van der Waals surface area contributed by atoms with E-state index >= 15 is 0 Å². The second-order valence-corrected chi connectivity index (χ2v) is 4.66. The Morgan fingerprint density at radius 1 is 0.958 bits per heavy atom. The van der Waals surface area contributed by atoms with E-state index in [4.69, 9.17) is 5.11 Å². The molecule has 0 aliphatic rings. The maximum Gasteiger partial charge on any atom is 0.416 e. The first kappa shape index (κ1) is 17.3. The number of benzene rings is 2. The van der Waals surface area contributed by atoms with Crippen LogP contribution in [0.5, 0.6) is 0 Å². The van der Waals surface area contributed by atoms with Gasteiger partial charge in [0.25, 0.3) is 5.91 Å². The quantitative estimate of drug-likeness (QED) is 0.732. The summed E-state index contributed by atoms with van der Waals surface area (Å²) in [6.07, 6.45) is -6.00. The van der Waals surface area contributed by atoms with Crippen molar-refractivity contribution in [1.29, 1.82) is 0 Å². The molecule has 2 aromatic carbocycles. The molecule has 0 aromatic heterocycles. The second kappa shape index (κ2) is 6.57. The van der Waals surface area contributed by atoms with Crippen LogP contribution in [-0.4, -0.2) is 17.1 Å². The van der Waals surface area contributed by atoms with E-state index in [1.807, 2.05) is 5.32 Å². The Kier molecular flexibility index (Phi) is 4.72. The zero-order valence-corrected chi connectivity index (χ0v) is 11.8. The van der Waals surface area contributed by atoms with Crippen molar-refractivity contribution in [2.45, 2.75) is 6.18 Å². The molecular formula is C15H10F4N2O3. The minimum absolute atomic E-state index is 0.0573. The Balaban J connectivity index is 2.25. The first-order chi connectivity index (χ1) is 11.2. The average Bonchev–Trinajstić information content (AvgIpc) is 2.48. The molecule has 0 heterocycles. The summed E-state index contributed by atoms with van der Waals surface area (Å²) in [6.45, 7) is 0. The Bertz CT molecular complexity index is 791. The summed E-state index contributed by atoms with van der Waals surface area (Å²) in [7, 11) is 0. The Hall–Kier alpha value is -3.10. The highest BCUT2D eigenvalue weighted by atomic mass is 19.4. The van der Waals surface area contributed by atoms with Crippen LogP contribution in [0.1, 0.15) is 15.9 Å². The molecule has 2 amide bonds. The molecule has 0 aliphatic heterocycles. The summed E-state index contributed by atoms with van der Waals surface area (Å²) in [6, 6.07) is 6.74. The standard InChI is InChI=1S/C15H10F4N2O3/c16-12-5-4-10(21-14(23)24)7-11(12)13(22)20-9-3-1-2-8(6-9)15(17,18)19/h1-7,21H,(H,20,22)(H,23,24). The molecule has 0 saturated carbocycles. The van der Waals surface area contributed by atoms with Crippen molar-refractivity contribution in [1.82, 2.24) is 0 Å². The fourth-order valence-electron chi connectivity index (χ4n) is 1.87. The molecule has 2 rings (SSSR count). The molecule has 0 fully saturated rings. The van der Waals surface area contributed by atoms with Gasteiger partial charge in [0.2, 0.25) is 0 Å². The number of amides is 2. The lowest BCUT2D eigenvalue weighted by molar-refractivity contribution is -0.137. The van der Waals surface area contributed by atoms with E-state index in [1.165, 1.54) is 6.07 Å². The lowest BCUT2D eigenvalue weighted by Crippen LogP contribution is -2.16. The van der Waals surface area contributed by atoms with Gasteiger partial charge < -0.3 is 10.4 Å². The lowest BCUT2D eigenvalue weighted by atomic mass is 10.1. The normalized spacial score (nSPS) is 11.0. The third-order valence-corrected chi connectivity index (χ3v) is 2.91. The van der Waals surface area contributed by atoms with Gasteiger partial charge in [-0.2, -0.15) is 13.2 Å². The number of carboxylic acid groups (broad SMARTS) is 1. The highest BCUT2D eigenvalue weighted by Crippen LogP contribution is 2.30. The fraction of sp³-hybridized carbons (Fsp3) is 0.0667. The first-order valence-electron chi connectivity index (χ1n) is 6.45. The smallest absolute Gasteiger partial charge is 0.416 e. The third kappa shape index (κ3) is 4.22.